The van der Waals surface area contributed by atoms with Crippen LogP contribution in [0, 0.1) is 5.92 Å². The molecule has 1 unspecified atom stereocenters. The van der Waals surface area contributed by atoms with E-state index >= 15 is 0 Å². The third-order valence-electron chi connectivity index (χ3n) is 3.79. The second-order valence-electron chi connectivity index (χ2n) is 5.66. The van der Waals surface area contributed by atoms with Crippen molar-refractivity contribution >= 4 is 15.7 Å². The van der Waals surface area contributed by atoms with E-state index in [1.165, 1.54) is 12.8 Å². The lowest BCUT2D eigenvalue weighted by Crippen LogP contribution is -2.27. The van der Waals surface area contributed by atoms with Crippen LogP contribution in [0.1, 0.15) is 32.6 Å². The number of anilines is 1. The Morgan fingerprint density at radius 3 is 2.47 bits per heavy atom. The maximum Gasteiger partial charge on any atom is 0.242 e. The van der Waals surface area contributed by atoms with E-state index in [9.17, 15) is 8.42 Å². The highest BCUT2D eigenvalue weighted by Gasteiger charge is 2.31. The second kappa shape index (κ2) is 4.80. The van der Waals surface area contributed by atoms with Crippen molar-refractivity contribution in [2.75, 3.05) is 5.32 Å². The quantitative estimate of drug-likeness (QED) is 0.841. The van der Waals surface area contributed by atoms with Gasteiger partial charge in [0.05, 0.1) is 5.69 Å². The van der Waals surface area contributed by atoms with Crippen LogP contribution in [-0.2, 0) is 10.0 Å². The van der Waals surface area contributed by atoms with Crippen LogP contribution >= 0.6 is 0 Å². The van der Waals surface area contributed by atoms with Gasteiger partial charge in [-0.1, -0.05) is 12.1 Å². The summed E-state index contributed by atoms with van der Waals surface area (Å²) in [4.78, 5) is 0.370. The van der Waals surface area contributed by atoms with Crippen molar-refractivity contribution in [3.63, 3.8) is 0 Å². The van der Waals surface area contributed by atoms with E-state index in [2.05, 4.69) is 17.0 Å². The summed E-state index contributed by atoms with van der Waals surface area (Å²) in [6, 6.07) is 7.63. The number of hydrogen-bond acceptors (Lipinski definition) is 3. The lowest BCUT2D eigenvalue weighted by Gasteiger charge is -2.17. The fraction of sp³-hybridized carbons (Fsp3) is 0.571. The molecule has 3 rings (SSSR count). The van der Waals surface area contributed by atoms with Gasteiger partial charge in [0.2, 0.25) is 10.0 Å². The summed E-state index contributed by atoms with van der Waals surface area (Å²) < 4.78 is 27.4. The molecule has 0 bridgehead atoms. The Morgan fingerprint density at radius 1 is 1.16 bits per heavy atom. The molecule has 0 radical (unpaired) electrons. The average molecular weight is 280 g/mol. The highest BCUT2D eigenvalue weighted by atomic mass is 32.2. The highest BCUT2D eigenvalue weighted by Crippen LogP contribution is 2.35. The minimum atomic E-state index is -3.39. The van der Waals surface area contributed by atoms with Crippen LogP contribution in [0.15, 0.2) is 29.2 Å². The molecule has 2 fully saturated rings. The first kappa shape index (κ1) is 12.9. The van der Waals surface area contributed by atoms with Gasteiger partial charge < -0.3 is 5.32 Å². The Morgan fingerprint density at radius 2 is 1.84 bits per heavy atom. The van der Waals surface area contributed by atoms with Crippen molar-refractivity contribution < 1.29 is 8.42 Å². The molecule has 5 heteroatoms. The van der Waals surface area contributed by atoms with Crippen molar-refractivity contribution in [2.24, 2.45) is 5.92 Å². The molecule has 0 amide bonds. The number of hydrogen-bond donors (Lipinski definition) is 2. The summed E-state index contributed by atoms with van der Waals surface area (Å²) in [5.41, 5.74) is 0.718. The van der Waals surface area contributed by atoms with Gasteiger partial charge in [-0.25, -0.2) is 13.1 Å². The molecule has 4 nitrogen and oxygen atoms in total. The number of benzene rings is 1. The summed E-state index contributed by atoms with van der Waals surface area (Å²) in [6.07, 6.45) is 4.38. The SMILES string of the molecule is CC(Nc1ccccc1S(=O)(=O)NC1CC1)C1CC1. The molecule has 2 aliphatic rings. The molecule has 2 saturated carbocycles. The van der Waals surface area contributed by atoms with Gasteiger partial charge in [0.25, 0.3) is 0 Å². The first-order chi connectivity index (χ1) is 9.06. The number of nitrogens with one attached hydrogen (secondary N) is 2. The minimum Gasteiger partial charge on any atom is -0.381 e. The van der Waals surface area contributed by atoms with Gasteiger partial charge >= 0.3 is 0 Å². The lowest BCUT2D eigenvalue weighted by atomic mass is 10.2. The molecule has 1 aromatic rings. The van der Waals surface area contributed by atoms with E-state index < -0.39 is 10.0 Å². The van der Waals surface area contributed by atoms with Crippen LogP contribution in [0.3, 0.4) is 0 Å². The summed E-state index contributed by atoms with van der Waals surface area (Å²) in [5, 5.41) is 3.35. The predicted octanol–water partition coefficient (Wildman–Crippen LogP) is 2.34. The fourth-order valence-corrected chi connectivity index (χ4v) is 3.74. The molecule has 1 aromatic carbocycles. The van der Waals surface area contributed by atoms with Gasteiger partial charge in [0.15, 0.2) is 0 Å². The Balaban J connectivity index is 1.83. The van der Waals surface area contributed by atoms with Crippen LogP contribution in [0.25, 0.3) is 0 Å². The normalized spacial score (nSPS) is 21.1. The van der Waals surface area contributed by atoms with Crippen LogP contribution in [0.2, 0.25) is 0 Å². The van der Waals surface area contributed by atoms with Crippen molar-refractivity contribution in [3.8, 4) is 0 Å². The zero-order chi connectivity index (χ0) is 13.5. The van der Waals surface area contributed by atoms with E-state index in [1.54, 1.807) is 12.1 Å². The molecule has 2 aliphatic carbocycles. The van der Waals surface area contributed by atoms with E-state index in [-0.39, 0.29) is 6.04 Å². The number of para-hydroxylation sites is 1. The van der Waals surface area contributed by atoms with Gasteiger partial charge in [-0.15, -0.1) is 0 Å². The Kier molecular flexibility index (Phi) is 3.27. The molecule has 19 heavy (non-hydrogen) atoms. The second-order valence-corrected chi connectivity index (χ2v) is 7.34. The Bertz CT molecular complexity index is 563. The number of sulfonamides is 1. The molecule has 0 aliphatic heterocycles. The van der Waals surface area contributed by atoms with E-state index in [1.807, 2.05) is 12.1 Å². The van der Waals surface area contributed by atoms with Crippen molar-refractivity contribution in [1.82, 2.24) is 4.72 Å². The van der Waals surface area contributed by atoms with Crippen molar-refractivity contribution in [2.45, 2.75) is 49.6 Å². The Hall–Kier alpha value is -1.07. The maximum atomic E-state index is 12.3. The maximum absolute atomic E-state index is 12.3. The number of rotatable bonds is 6. The third-order valence-corrected chi connectivity index (χ3v) is 5.37. The van der Waals surface area contributed by atoms with E-state index in [4.69, 9.17) is 0 Å². The molecule has 0 spiro atoms. The van der Waals surface area contributed by atoms with Crippen LogP contribution in [0.5, 0.6) is 0 Å². The summed E-state index contributed by atoms with van der Waals surface area (Å²) in [6.45, 7) is 2.12. The molecule has 0 saturated heterocycles. The van der Waals surface area contributed by atoms with Crippen LogP contribution in [0.4, 0.5) is 5.69 Å². The molecule has 0 aromatic heterocycles. The van der Waals surface area contributed by atoms with Gasteiger partial charge in [0.1, 0.15) is 4.90 Å². The third kappa shape index (κ3) is 3.09. The molecular weight excluding hydrogens is 260 g/mol. The Labute approximate surface area is 114 Å². The van der Waals surface area contributed by atoms with Gasteiger partial charge in [-0.3, -0.25) is 0 Å². The van der Waals surface area contributed by atoms with Gasteiger partial charge in [-0.05, 0) is 50.7 Å². The topological polar surface area (TPSA) is 58.2 Å². The van der Waals surface area contributed by atoms with Crippen molar-refractivity contribution in [3.05, 3.63) is 24.3 Å². The van der Waals surface area contributed by atoms with Gasteiger partial charge in [-0.2, -0.15) is 0 Å². The molecule has 1 atom stereocenters. The minimum absolute atomic E-state index is 0.138. The summed E-state index contributed by atoms with van der Waals surface area (Å²) in [7, 11) is -3.39. The average Bonchev–Trinajstić information content (AvgIpc) is 3.23. The van der Waals surface area contributed by atoms with E-state index in [0.29, 0.717) is 16.9 Å². The van der Waals surface area contributed by atoms with Gasteiger partial charge in [0, 0.05) is 12.1 Å². The van der Waals surface area contributed by atoms with Crippen LogP contribution in [-0.4, -0.2) is 20.5 Å². The summed E-state index contributed by atoms with van der Waals surface area (Å²) >= 11 is 0. The standard InChI is InChI=1S/C14H20N2O2S/c1-10(11-6-7-11)15-13-4-2-3-5-14(13)19(17,18)16-12-8-9-12/h2-5,10-12,15-16H,6-9H2,1H3. The zero-order valence-electron chi connectivity index (χ0n) is 11.1. The fourth-order valence-electron chi connectivity index (χ4n) is 2.26. The highest BCUT2D eigenvalue weighted by molar-refractivity contribution is 7.89. The first-order valence-corrected chi connectivity index (χ1v) is 8.42. The van der Waals surface area contributed by atoms with Crippen LogP contribution < -0.4 is 10.0 Å². The monoisotopic (exact) mass is 280 g/mol. The molecule has 104 valence electrons. The predicted molar refractivity (Wildman–Crippen MR) is 75.6 cm³/mol. The molecule has 2 N–H and O–H groups in total. The largest absolute Gasteiger partial charge is 0.381 e. The van der Waals surface area contributed by atoms with Crippen molar-refractivity contribution in [1.29, 1.82) is 0 Å². The molecular formula is C14H20N2O2S. The first-order valence-electron chi connectivity index (χ1n) is 6.94. The molecule has 0 heterocycles. The lowest BCUT2D eigenvalue weighted by molar-refractivity contribution is 0.581. The van der Waals surface area contributed by atoms with E-state index in [0.717, 1.165) is 18.5 Å². The zero-order valence-corrected chi connectivity index (χ0v) is 11.9. The summed E-state index contributed by atoms with van der Waals surface area (Å²) in [5.74, 6) is 0.687. The smallest absolute Gasteiger partial charge is 0.242 e.